The molecule has 1 saturated heterocycles. The van der Waals surface area contributed by atoms with E-state index in [-0.39, 0.29) is 5.91 Å². The first kappa shape index (κ1) is 11.8. The Morgan fingerprint density at radius 3 is 2.75 bits per heavy atom. The molecule has 1 unspecified atom stereocenters. The Kier molecular flexibility index (Phi) is 3.44. The van der Waals surface area contributed by atoms with Gasteiger partial charge in [0.15, 0.2) is 5.56 Å². The van der Waals surface area contributed by atoms with E-state index < -0.39 is 5.56 Å². The van der Waals surface area contributed by atoms with Crippen molar-refractivity contribution in [3.05, 3.63) is 38.7 Å². The number of carbonyl (C=O) groups excluding carboxylic acids is 1. The molecule has 0 bridgehead atoms. The number of rotatable bonds is 1. The van der Waals surface area contributed by atoms with Gasteiger partial charge in [-0.1, -0.05) is 41.0 Å². The Balaban J connectivity index is 2.32. The maximum Gasteiger partial charge on any atom is 0.260 e. The number of aliphatic hydroxyl groups is 1. The van der Waals surface area contributed by atoms with Crippen LogP contribution in [0.2, 0.25) is 10.0 Å². The van der Waals surface area contributed by atoms with Crippen molar-refractivity contribution in [2.75, 3.05) is 0 Å². The number of hydrogen-bond acceptors (Lipinski definition) is 3. The van der Waals surface area contributed by atoms with Crippen LogP contribution in [0.15, 0.2) is 23.1 Å². The minimum absolute atomic E-state index is 0.302. The Bertz CT molecular complexity index is 476. The SMILES string of the molecule is O=C1NC(O)S/C1=C\c1ccc(Cl)cc1Cl. The third kappa shape index (κ3) is 2.52. The highest BCUT2D eigenvalue weighted by Gasteiger charge is 2.25. The molecular formula is C10H7Cl2NO2S. The van der Waals surface area contributed by atoms with Crippen LogP contribution in [0.5, 0.6) is 0 Å². The maximum atomic E-state index is 11.3. The molecule has 1 atom stereocenters. The predicted octanol–water partition coefficient (Wildman–Crippen LogP) is 2.47. The lowest BCUT2D eigenvalue weighted by atomic mass is 10.2. The van der Waals surface area contributed by atoms with Gasteiger partial charge in [-0.05, 0) is 23.8 Å². The van der Waals surface area contributed by atoms with Crippen LogP contribution < -0.4 is 5.32 Å². The normalized spacial score (nSPS) is 22.6. The summed E-state index contributed by atoms with van der Waals surface area (Å²) in [5.41, 5.74) is -0.192. The molecule has 0 saturated carbocycles. The summed E-state index contributed by atoms with van der Waals surface area (Å²) in [6.45, 7) is 0. The molecule has 2 rings (SSSR count). The zero-order valence-corrected chi connectivity index (χ0v) is 10.2. The molecule has 0 aromatic heterocycles. The molecule has 1 aromatic carbocycles. The average molecular weight is 276 g/mol. The molecule has 1 amide bonds. The van der Waals surface area contributed by atoms with Gasteiger partial charge in [0.1, 0.15) is 0 Å². The summed E-state index contributed by atoms with van der Waals surface area (Å²) in [6.07, 6.45) is 1.62. The zero-order valence-electron chi connectivity index (χ0n) is 7.91. The van der Waals surface area contributed by atoms with Crippen molar-refractivity contribution in [3.8, 4) is 0 Å². The van der Waals surface area contributed by atoms with Gasteiger partial charge in [-0.15, -0.1) is 0 Å². The van der Waals surface area contributed by atoms with Crippen LogP contribution in [0, 0.1) is 0 Å². The van der Waals surface area contributed by atoms with E-state index in [1.807, 2.05) is 0 Å². The second-order valence-electron chi connectivity index (χ2n) is 3.12. The van der Waals surface area contributed by atoms with E-state index >= 15 is 0 Å². The lowest BCUT2D eigenvalue weighted by molar-refractivity contribution is -0.117. The van der Waals surface area contributed by atoms with Crippen LogP contribution in [0.1, 0.15) is 5.56 Å². The van der Waals surface area contributed by atoms with Gasteiger partial charge in [0.25, 0.3) is 5.91 Å². The van der Waals surface area contributed by atoms with Gasteiger partial charge in [-0.2, -0.15) is 0 Å². The number of amides is 1. The third-order valence-corrected chi connectivity index (χ3v) is 3.43. The fraction of sp³-hybridized carbons (Fsp3) is 0.100. The first-order valence-corrected chi connectivity index (χ1v) is 6.02. The highest BCUT2D eigenvalue weighted by Crippen LogP contribution is 2.30. The zero-order chi connectivity index (χ0) is 11.7. The maximum absolute atomic E-state index is 11.3. The molecule has 1 aromatic rings. The summed E-state index contributed by atoms with van der Waals surface area (Å²) in [5, 5.41) is 12.6. The standard InChI is InChI=1S/C10H7Cl2NO2S/c11-6-2-1-5(7(12)4-6)3-8-9(14)13-10(15)16-8/h1-4,10,15H,(H,13,14)/b8-3-. The number of carbonyl (C=O) groups is 1. The lowest BCUT2D eigenvalue weighted by Gasteiger charge is -1.99. The number of benzene rings is 1. The minimum atomic E-state index is -0.884. The van der Waals surface area contributed by atoms with E-state index in [0.29, 0.717) is 20.5 Å². The number of nitrogens with one attached hydrogen (secondary N) is 1. The van der Waals surface area contributed by atoms with Crippen molar-refractivity contribution in [3.63, 3.8) is 0 Å². The fourth-order valence-corrected chi connectivity index (χ4v) is 2.48. The van der Waals surface area contributed by atoms with Crippen molar-refractivity contribution in [1.29, 1.82) is 0 Å². The van der Waals surface area contributed by atoms with Gasteiger partial charge in [0.05, 0.1) is 4.91 Å². The van der Waals surface area contributed by atoms with Crippen LogP contribution in [-0.4, -0.2) is 16.6 Å². The summed E-state index contributed by atoms with van der Waals surface area (Å²) < 4.78 is 0. The van der Waals surface area contributed by atoms with Gasteiger partial charge >= 0.3 is 0 Å². The quantitative estimate of drug-likeness (QED) is 0.775. The van der Waals surface area contributed by atoms with Crippen molar-refractivity contribution in [2.45, 2.75) is 5.56 Å². The van der Waals surface area contributed by atoms with Gasteiger partial charge in [-0.25, -0.2) is 0 Å². The molecule has 0 aliphatic carbocycles. The van der Waals surface area contributed by atoms with Crippen molar-refractivity contribution in [2.24, 2.45) is 0 Å². The van der Waals surface area contributed by atoms with Gasteiger partial charge in [0.2, 0.25) is 0 Å². The number of hydrogen-bond donors (Lipinski definition) is 2. The van der Waals surface area contributed by atoms with E-state index in [4.69, 9.17) is 23.2 Å². The lowest BCUT2D eigenvalue weighted by Crippen LogP contribution is -2.23. The van der Waals surface area contributed by atoms with Crippen LogP contribution in [0.4, 0.5) is 0 Å². The van der Waals surface area contributed by atoms with Gasteiger partial charge < -0.3 is 10.4 Å². The number of halogens is 2. The van der Waals surface area contributed by atoms with E-state index in [2.05, 4.69) is 5.32 Å². The second kappa shape index (κ2) is 4.67. The number of thioether (sulfide) groups is 1. The van der Waals surface area contributed by atoms with Crippen LogP contribution in [0.25, 0.3) is 6.08 Å². The van der Waals surface area contributed by atoms with Gasteiger partial charge in [0, 0.05) is 10.0 Å². The first-order chi connectivity index (χ1) is 7.56. The molecule has 16 heavy (non-hydrogen) atoms. The molecule has 84 valence electrons. The van der Waals surface area contributed by atoms with Crippen molar-refractivity contribution in [1.82, 2.24) is 5.32 Å². The molecule has 0 spiro atoms. The molecule has 3 nitrogen and oxygen atoms in total. The first-order valence-electron chi connectivity index (χ1n) is 4.38. The molecule has 6 heteroatoms. The summed E-state index contributed by atoms with van der Waals surface area (Å²) >= 11 is 12.8. The molecule has 1 aliphatic heterocycles. The molecule has 0 radical (unpaired) electrons. The van der Waals surface area contributed by atoms with Crippen LogP contribution in [0.3, 0.4) is 0 Å². The Hall–Kier alpha value is -0.680. The molecule has 1 fully saturated rings. The highest BCUT2D eigenvalue weighted by atomic mass is 35.5. The monoisotopic (exact) mass is 275 g/mol. The summed E-state index contributed by atoms with van der Waals surface area (Å²) in [7, 11) is 0. The molecule has 1 heterocycles. The van der Waals surface area contributed by atoms with E-state index in [1.165, 1.54) is 0 Å². The van der Waals surface area contributed by atoms with Crippen molar-refractivity contribution >= 4 is 46.9 Å². The Morgan fingerprint density at radius 1 is 1.44 bits per heavy atom. The minimum Gasteiger partial charge on any atom is -0.364 e. The highest BCUT2D eigenvalue weighted by molar-refractivity contribution is 8.05. The third-order valence-electron chi connectivity index (χ3n) is 1.97. The molecule has 2 N–H and O–H groups in total. The van der Waals surface area contributed by atoms with Gasteiger partial charge in [-0.3, -0.25) is 4.79 Å². The predicted molar refractivity (Wildman–Crippen MR) is 66.2 cm³/mol. The molecular weight excluding hydrogens is 269 g/mol. The van der Waals surface area contributed by atoms with Crippen molar-refractivity contribution < 1.29 is 9.90 Å². The largest absolute Gasteiger partial charge is 0.364 e. The summed E-state index contributed by atoms with van der Waals surface area (Å²) in [5.74, 6) is -0.302. The van der Waals surface area contributed by atoms with E-state index in [9.17, 15) is 9.90 Å². The molecule has 1 aliphatic rings. The smallest absolute Gasteiger partial charge is 0.260 e. The summed E-state index contributed by atoms with van der Waals surface area (Å²) in [6, 6.07) is 5.01. The average Bonchev–Trinajstić information content (AvgIpc) is 2.50. The van der Waals surface area contributed by atoms with Crippen LogP contribution >= 0.6 is 35.0 Å². The Labute approximate surface area is 106 Å². The van der Waals surface area contributed by atoms with E-state index in [0.717, 1.165) is 11.8 Å². The van der Waals surface area contributed by atoms with E-state index in [1.54, 1.807) is 24.3 Å². The summed E-state index contributed by atoms with van der Waals surface area (Å²) in [4.78, 5) is 11.8. The Morgan fingerprint density at radius 2 is 2.19 bits per heavy atom. The topological polar surface area (TPSA) is 49.3 Å². The number of aliphatic hydroxyl groups excluding tert-OH is 1. The van der Waals surface area contributed by atoms with Crippen LogP contribution in [-0.2, 0) is 4.79 Å². The second-order valence-corrected chi connectivity index (χ2v) is 5.08. The fourth-order valence-electron chi connectivity index (χ4n) is 1.25.